The summed E-state index contributed by atoms with van der Waals surface area (Å²) >= 11 is 0. The number of rotatable bonds is 4. The smallest absolute Gasteiger partial charge is 0.480 e. The molecule has 0 radical (unpaired) electrons. The number of alkyl halides is 3. The molecule has 8 heteroatoms. The number of hydrogen-bond donors (Lipinski definition) is 1. The molecule has 90 valence electrons. The molecular weight excluding hydrogens is 237 g/mol. The molecule has 1 unspecified atom stereocenters. The Morgan fingerprint density at radius 2 is 1.73 bits per heavy atom. The van der Waals surface area contributed by atoms with E-state index in [-0.39, 0.29) is 0 Å². The fourth-order valence-corrected chi connectivity index (χ4v) is 2.18. The predicted octanol–water partition coefficient (Wildman–Crippen LogP) is 1.42. The predicted molar refractivity (Wildman–Crippen MR) is 45.9 cm³/mol. The molecule has 0 spiro atoms. The van der Waals surface area contributed by atoms with Crippen LogP contribution in [-0.4, -0.2) is 30.3 Å². The number of halogens is 3. The van der Waals surface area contributed by atoms with Gasteiger partial charge in [-0.2, -0.15) is 13.2 Å². The first kappa shape index (κ1) is 14.2. The lowest BCUT2D eigenvalue weighted by Gasteiger charge is -2.16. The van der Waals surface area contributed by atoms with Gasteiger partial charge in [-0.05, 0) is 12.3 Å². The van der Waals surface area contributed by atoms with Crippen molar-refractivity contribution in [2.45, 2.75) is 31.0 Å². The van der Waals surface area contributed by atoms with Crippen LogP contribution in [0.3, 0.4) is 0 Å². The molecule has 0 heterocycles. The van der Waals surface area contributed by atoms with Crippen molar-refractivity contribution >= 4 is 15.8 Å². The van der Waals surface area contributed by atoms with Gasteiger partial charge in [0, 0.05) is 0 Å². The third kappa shape index (κ3) is 3.37. The molecule has 0 saturated heterocycles. The van der Waals surface area contributed by atoms with Crippen molar-refractivity contribution in [2.75, 3.05) is 0 Å². The maximum atomic E-state index is 12.0. The van der Waals surface area contributed by atoms with Gasteiger partial charge in [0.1, 0.15) is 0 Å². The van der Waals surface area contributed by atoms with Crippen molar-refractivity contribution in [2.24, 2.45) is 5.92 Å². The topological polar surface area (TPSA) is 71.4 Å². The molecule has 4 nitrogen and oxygen atoms in total. The fraction of sp³-hybridized carbons (Fsp3) is 0.857. The third-order valence-corrected chi connectivity index (χ3v) is 3.45. The minimum Gasteiger partial charge on any atom is -0.480 e. The van der Waals surface area contributed by atoms with Crippen LogP contribution < -0.4 is 0 Å². The number of sulfone groups is 1. The van der Waals surface area contributed by atoms with Crippen LogP contribution in [0.5, 0.6) is 0 Å². The Hall–Kier alpha value is -0.790. The van der Waals surface area contributed by atoms with E-state index in [1.165, 1.54) is 13.8 Å². The number of carboxylic acid groups (broad SMARTS) is 1. The molecule has 0 aliphatic heterocycles. The molecule has 0 rings (SSSR count). The van der Waals surface area contributed by atoms with E-state index in [0.29, 0.717) is 0 Å². The molecule has 0 saturated carbocycles. The van der Waals surface area contributed by atoms with Crippen molar-refractivity contribution in [3.05, 3.63) is 0 Å². The highest BCUT2D eigenvalue weighted by Crippen LogP contribution is 2.30. The summed E-state index contributed by atoms with van der Waals surface area (Å²) in [6, 6.07) is 0. The summed E-state index contributed by atoms with van der Waals surface area (Å²) in [6.07, 6.45) is -0.558. The van der Waals surface area contributed by atoms with Crippen LogP contribution in [-0.2, 0) is 14.6 Å². The highest BCUT2D eigenvalue weighted by Gasteiger charge is 2.53. The standard InChI is InChI=1S/C7H11F3O4S/c1-4(2)3-5(6(11)12)15(13,14)7(8,9)10/h4-5H,3H2,1-2H3,(H,11,12). The van der Waals surface area contributed by atoms with E-state index in [0.717, 1.165) is 0 Å². The summed E-state index contributed by atoms with van der Waals surface area (Å²) in [5.41, 5.74) is -5.52. The molecular formula is C7H11F3O4S. The molecule has 0 aliphatic rings. The second-order valence-electron chi connectivity index (χ2n) is 3.45. The number of carboxylic acids is 1. The Morgan fingerprint density at radius 1 is 1.33 bits per heavy atom. The highest BCUT2D eigenvalue weighted by molar-refractivity contribution is 7.93. The quantitative estimate of drug-likeness (QED) is 0.816. The zero-order valence-corrected chi connectivity index (χ0v) is 8.89. The fourth-order valence-electron chi connectivity index (χ4n) is 0.950. The van der Waals surface area contributed by atoms with Gasteiger partial charge in [-0.15, -0.1) is 0 Å². The number of carbonyl (C=O) groups is 1. The summed E-state index contributed by atoms with van der Waals surface area (Å²) < 4.78 is 57.8. The number of aliphatic carboxylic acids is 1. The lowest BCUT2D eigenvalue weighted by molar-refractivity contribution is -0.137. The van der Waals surface area contributed by atoms with Gasteiger partial charge in [0.15, 0.2) is 5.25 Å². The highest BCUT2D eigenvalue weighted by atomic mass is 32.2. The van der Waals surface area contributed by atoms with Gasteiger partial charge in [0.2, 0.25) is 0 Å². The second kappa shape index (κ2) is 4.38. The maximum absolute atomic E-state index is 12.0. The Morgan fingerprint density at radius 3 is 1.93 bits per heavy atom. The van der Waals surface area contributed by atoms with Crippen molar-refractivity contribution < 1.29 is 31.5 Å². The largest absolute Gasteiger partial charge is 0.498 e. The molecule has 15 heavy (non-hydrogen) atoms. The van der Waals surface area contributed by atoms with Crippen LogP contribution >= 0.6 is 0 Å². The summed E-state index contributed by atoms with van der Waals surface area (Å²) in [7, 11) is -5.63. The minimum atomic E-state index is -5.63. The molecule has 0 aromatic rings. The van der Waals surface area contributed by atoms with E-state index < -0.39 is 38.9 Å². The zero-order valence-electron chi connectivity index (χ0n) is 8.08. The molecule has 1 atom stereocenters. The molecule has 1 N–H and O–H groups in total. The number of hydrogen-bond acceptors (Lipinski definition) is 3. The lowest BCUT2D eigenvalue weighted by atomic mass is 10.1. The van der Waals surface area contributed by atoms with E-state index in [1.54, 1.807) is 0 Å². The van der Waals surface area contributed by atoms with Crippen molar-refractivity contribution in [1.82, 2.24) is 0 Å². The van der Waals surface area contributed by atoms with Crippen LogP contribution in [0.25, 0.3) is 0 Å². The monoisotopic (exact) mass is 248 g/mol. The summed E-state index contributed by atoms with van der Waals surface area (Å²) in [4.78, 5) is 10.4. The van der Waals surface area contributed by atoms with Crippen LogP contribution in [0.4, 0.5) is 13.2 Å². The van der Waals surface area contributed by atoms with E-state index in [9.17, 15) is 26.4 Å². The van der Waals surface area contributed by atoms with Crippen molar-refractivity contribution in [3.8, 4) is 0 Å². The van der Waals surface area contributed by atoms with E-state index in [2.05, 4.69) is 0 Å². The van der Waals surface area contributed by atoms with Gasteiger partial charge in [0.05, 0.1) is 0 Å². The average Bonchev–Trinajstić information content (AvgIpc) is 1.96. The molecule has 0 fully saturated rings. The zero-order chi connectivity index (χ0) is 12.4. The van der Waals surface area contributed by atoms with Gasteiger partial charge < -0.3 is 5.11 Å². The Labute approximate surface area is 85.0 Å². The van der Waals surface area contributed by atoms with Gasteiger partial charge in [-0.3, -0.25) is 4.79 Å². The van der Waals surface area contributed by atoms with E-state index >= 15 is 0 Å². The van der Waals surface area contributed by atoms with Gasteiger partial charge in [0.25, 0.3) is 9.84 Å². The minimum absolute atomic E-state index is 0.455. The van der Waals surface area contributed by atoms with Gasteiger partial charge >= 0.3 is 11.5 Å². The first-order valence-corrected chi connectivity index (χ1v) is 5.57. The SMILES string of the molecule is CC(C)CC(C(=O)O)S(=O)(=O)C(F)(F)F. The van der Waals surface area contributed by atoms with Gasteiger partial charge in [-0.1, -0.05) is 13.8 Å². The van der Waals surface area contributed by atoms with Crippen molar-refractivity contribution in [1.29, 1.82) is 0 Å². The molecule has 0 aromatic heterocycles. The van der Waals surface area contributed by atoms with Crippen LogP contribution in [0, 0.1) is 5.92 Å². The van der Waals surface area contributed by atoms with E-state index in [1.807, 2.05) is 0 Å². The third-order valence-electron chi connectivity index (χ3n) is 1.66. The molecule has 0 amide bonds. The molecule has 0 bridgehead atoms. The normalized spacial score (nSPS) is 15.3. The van der Waals surface area contributed by atoms with Crippen LogP contribution in [0.1, 0.15) is 20.3 Å². The Bertz CT molecular complexity index is 331. The maximum Gasteiger partial charge on any atom is 0.498 e. The molecule has 0 aromatic carbocycles. The Kier molecular flexibility index (Phi) is 4.15. The van der Waals surface area contributed by atoms with Gasteiger partial charge in [-0.25, -0.2) is 8.42 Å². The van der Waals surface area contributed by atoms with Crippen LogP contribution in [0.2, 0.25) is 0 Å². The molecule has 0 aliphatic carbocycles. The first-order valence-electron chi connectivity index (χ1n) is 4.03. The summed E-state index contributed by atoms with van der Waals surface area (Å²) in [5.74, 6) is -2.43. The summed E-state index contributed by atoms with van der Waals surface area (Å²) in [6.45, 7) is 2.89. The van der Waals surface area contributed by atoms with Crippen molar-refractivity contribution in [3.63, 3.8) is 0 Å². The average molecular weight is 248 g/mol. The van der Waals surface area contributed by atoms with E-state index in [4.69, 9.17) is 5.11 Å². The Balaban J connectivity index is 5.20. The lowest BCUT2D eigenvalue weighted by Crippen LogP contribution is -2.40. The van der Waals surface area contributed by atoms with Crippen LogP contribution in [0.15, 0.2) is 0 Å². The first-order chi connectivity index (χ1) is 6.50. The second-order valence-corrected chi connectivity index (χ2v) is 5.57. The summed E-state index contributed by atoms with van der Waals surface area (Å²) in [5, 5.41) is 6.02.